The Kier molecular flexibility index (Phi) is 4.80. The van der Waals surface area contributed by atoms with Crippen LogP contribution >= 0.6 is 11.6 Å². The molecule has 104 valence electrons. The molecule has 2 aromatic carbocycles. The summed E-state index contributed by atoms with van der Waals surface area (Å²) in [7, 11) is 0. The summed E-state index contributed by atoms with van der Waals surface area (Å²) in [6, 6.07) is 11.8. The molecule has 0 unspecified atom stereocenters. The summed E-state index contributed by atoms with van der Waals surface area (Å²) in [5, 5.41) is 5.90. The minimum Gasteiger partial charge on any atom is -0.350 e. The maximum absolute atomic E-state index is 11.8. The number of carbonyl (C=O) groups is 1. The van der Waals surface area contributed by atoms with Crippen molar-refractivity contribution in [1.82, 2.24) is 5.32 Å². The van der Waals surface area contributed by atoms with E-state index < -0.39 is 0 Å². The van der Waals surface area contributed by atoms with Gasteiger partial charge in [0.25, 0.3) is 0 Å². The third-order valence-corrected chi connectivity index (χ3v) is 3.50. The molecule has 0 radical (unpaired) electrons. The molecule has 20 heavy (non-hydrogen) atoms. The summed E-state index contributed by atoms with van der Waals surface area (Å²) in [6.45, 7) is 5.60. The highest BCUT2D eigenvalue weighted by molar-refractivity contribution is 6.31. The van der Waals surface area contributed by atoms with Crippen molar-refractivity contribution >= 4 is 28.3 Å². The van der Waals surface area contributed by atoms with Gasteiger partial charge in [-0.2, -0.15) is 0 Å². The Labute approximate surface area is 124 Å². The topological polar surface area (TPSA) is 29.1 Å². The van der Waals surface area contributed by atoms with E-state index in [1.165, 1.54) is 0 Å². The molecule has 1 atom stereocenters. The van der Waals surface area contributed by atoms with Gasteiger partial charge >= 0.3 is 0 Å². The Bertz CT molecular complexity index is 636. The third-order valence-electron chi connectivity index (χ3n) is 3.28. The van der Waals surface area contributed by atoms with Crippen LogP contribution in [0.5, 0.6) is 0 Å². The number of allylic oxidation sites excluding steroid dienone is 1. The fraction of sp³-hybridized carbons (Fsp3) is 0.235. The Morgan fingerprint density at radius 2 is 2.15 bits per heavy atom. The molecule has 0 heterocycles. The van der Waals surface area contributed by atoms with Gasteiger partial charge in [0.05, 0.1) is 6.04 Å². The van der Waals surface area contributed by atoms with Crippen molar-refractivity contribution in [2.45, 2.75) is 25.8 Å². The number of nitrogens with one attached hydrogen (secondary N) is 1. The highest BCUT2D eigenvalue weighted by Gasteiger charge is 2.12. The Morgan fingerprint density at radius 1 is 1.40 bits per heavy atom. The minimum atomic E-state index is -0.0732. The van der Waals surface area contributed by atoms with Crippen LogP contribution in [0.4, 0.5) is 0 Å². The Hall–Kier alpha value is -1.80. The van der Waals surface area contributed by atoms with Gasteiger partial charge in [-0.15, -0.1) is 6.58 Å². The number of hydrogen-bond acceptors (Lipinski definition) is 1. The van der Waals surface area contributed by atoms with E-state index >= 15 is 0 Å². The van der Waals surface area contributed by atoms with E-state index in [1.54, 1.807) is 6.08 Å². The second-order valence-corrected chi connectivity index (χ2v) is 5.27. The standard InChI is InChI=1S/C17H18ClNO/c1-3-4-9-17(20)19-12(2)16-11-14(18)10-13-7-5-6-8-15(13)16/h3,5-8,10-12H,1,4,9H2,2H3,(H,19,20)/t12-/m1/s1. The van der Waals surface area contributed by atoms with E-state index in [-0.39, 0.29) is 11.9 Å². The largest absolute Gasteiger partial charge is 0.350 e. The van der Waals surface area contributed by atoms with Crippen LogP contribution in [0.2, 0.25) is 5.02 Å². The number of halogens is 1. The summed E-state index contributed by atoms with van der Waals surface area (Å²) in [5.74, 6) is 0.0291. The molecular weight excluding hydrogens is 270 g/mol. The average Bonchev–Trinajstić information content (AvgIpc) is 2.44. The number of benzene rings is 2. The molecule has 0 saturated carbocycles. The molecule has 3 heteroatoms. The molecular formula is C17H18ClNO. The van der Waals surface area contributed by atoms with E-state index in [4.69, 9.17) is 11.6 Å². The zero-order valence-electron chi connectivity index (χ0n) is 11.5. The average molecular weight is 288 g/mol. The fourth-order valence-corrected chi connectivity index (χ4v) is 2.52. The van der Waals surface area contributed by atoms with Gasteiger partial charge in [-0.1, -0.05) is 41.9 Å². The van der Waals surface area contributed by atoms with Gasteiger partial charge in [0.2, 0.25) is 5.91 Å². The summed E-state index contributed by atoms with van der Waals surface area (Å²) >= 11 is 6.16. The zero-order valence-corrected chi connectivity index (χ0v) is 12.3. The molecule has 0 aromatic heterocycles. The number of fused-ring (bicyclic) bond motifs is 1. The van der Waals surface area contributed by atoms with Crippen LogP contribution in [-0.2, 0) is 4.79 Å². The molecule has 2 aromatic rings. The molecule has 0 bridgehead atoms. The molecule has 2 rings (SSSR count). The smallest absolute Gasteiger partial charge is 0.220 e. The maximum Gasteiger partial charge on any atom is 0.220 e. The molecule has 0 aliphatic rings. The van der Waals surface area contributed by atoms with E-state index in [2.05, 4.69) is 11.9 Å². The molecule has 2 nitrogen and oxygen atoms in total. The lowest BCUT2D eigenvalue weighted by atomic mass is 9.99. The minimum absolute atomic E-state index is 0.0291. The summed E-state index contributed by atoms with van der Waals surface area (Å²) in [4.78, 5) is 11.8. The van der Waals surface area contributed by atoms with E-state index in [0.29, 0.717) is 17.9 Å². The van der Waals surface area contributed by atoms with Crippen molar-refractivity contribution in [1.29, 1.82) is 0 Å². The first-order valence-corrected chi connectivity index (χ1v) is 7.08. The van der Waals surface area contributed by atoms with Gasteiger partial charge in [-0.05, 0) is 41.8 Å². The quantitative estimate of drug-likeness (QED) is 0.798. The number of carbonyl (C=O) groups excluding carboxylic acids is 1. The highest BCUT2D eigenvalue weighted by atomic mass is 35.5. The molecule has 1 N–H and O–H groups in total. The van der Waals surface area contributed by atoms with Gasteiger partial charge in [0.1, 0.15) is 0 Å². The van der Waals surface area contributed by atoms with E-state index in [0.717, 1.165) is 16.3 Å². The SMILES string of the molecule is C=CCCC(=O)N[C@H](C)c1cc(Cl)cc2ccccc12. The molecule has 0 spiro atoms. The van der Waals surface area contributed by atoms with Gasteiger partial charge in [-0.25, -0.2) is 0 Å². The number of rotatable bonds is 5. The fourth-order valence-electron chi connectivity index (χ4n) is 2.29. The Balaban J connectivity index is 2.27. The van der Waals surface area contributed by atoms with Gasteiger partial charge < -0.3 is 5.32 Å². The van der Waals surface area contributed by atoms with Crippen molar-refractivity contribution in [2.24, 2.45) is 0 Å². The van der Waals surface area contributed by atoms with Crippen molar-refractivity contribution < 1.29 is 4.79 Å². The second kappa shape index (κ2) is 6.58. The maximum atomic E-state index is 11.8. The highest BCUT2D eigenvalue weighted by Crippen LogP contribution is 2.28. The van der Waals surface area contributed by atoms with Gasteiger partial charge in [-0.3, -0.25) is 4.79 Å². The third kappa shape index (κ3) is 3.40. The van der Waals surface area contributed by atoms with E-state index in [1.807, 2.05) is 43.3 Å². The lowest BCUT2D eigenvalue weighted by Crippen LogP contribution is -2.26. The normalized spacial score (nSPS) is 12.1. The summed E-state index contributed by atoms with van der Waals surface area (Å²) in [6.07, 6.45) is 2.90. The molecule has 0 aliphatic carbocycles. The van der Waals surface area contributed by atoms with Crippen molar-refractivity contribution in [3.63, 3.8) is 0 Å². The van der Waals surface area contributed by atoms with Crippen molar-refractivity contribution in [3.05, 3.63) is 59.6 Å². The van der Waals surface area contributed by atoms with Crippen LogP contribution in [0.25, 0.3) is 10.8 Å². The number of hydrogen-bond donors (Lipinski definition) is 1. The molecule has 0 saturated heterocycles. The van der Waals surface area contributed by atoms with Crippen LogP contribution in [0.1, 0.15) is 31.4 Å². The first-order chi connectivity index (χ1) is 9.61. The lowest BCUT2D eigenvalue weighted by molar-refractivity contribution is -0.121. The van der Waals surface area contributed by atoms with Gasteiger partial charge in [0, 0.05) is 11.4 Å². The van der Waals surface area contributed by atoms with Crippen molar-refractivity contribution in [2.75, 3.05) is 0 Å². The van der Waals surface area contributed by atoms with Crippen LogP contribution in [0.15, 0.2) is 49.1 Å². The van der Waals surface area contributed by atoms with E-state index in [9.17, 15) is 4.79 Å². The molecule has 0 fully saturated rings. The van der Waals surface area contributed by atoms with Crippen LogP contribution in [0.3, 0.4) is 0 Å². The lowest BCUT2D eigenvalue weighted by Gasteiger charge is -2.17. The van der Waals surface area contributed by atoms with Gasteiger partial charge in [0.15, 0.2) is 0 Å². The monoisotopic (exact) mass is 287 g/mol. The van der Waals surface area contributed by atoms with Crippen LogP contribution in [-0.4, -0.2) is 5.91 Å². The second-order valence-electron chi connectivity index (χ2n) is 4.83. The first-order valence-electron chi connectivity index (χ1n) is 6.70. The molecule has 1 amide bonds. The van der Waals surface area contributed by atoms with Crippen LogP contribution in [0, 0.1) is 0 Å². The van der Waals surface area contributed by atoms with Crippen LogP contribution < -0.4 is 5.32 Å². The predicted octanol–water partition coefficient (Wildman–Crippen LogP) is 4.64. The van der Waals surface area contributed by atoms with Crippen molar-refractivity contribution in [3.8, 4) is 0 Å². The summed E-state index contributed by atoms with van der Waals surface area (Å²) < 4.78 is 0. The predicted molar refractivity (Wildman–Crippen MR) is 84.9 cm³/mol. The Morgan fingerprint density at radius 3 is 2.90 bits per heavy atom. The number of amides is 1. The first kappa shape index (κ1) is 14.6. The zero-order chi connectivity index (χ0) is 14.5. The summed E-state index contributed by atoms with van der Waals surface area (Å²) in [5.41, 5.74) is 1.04. The molecule has 0 aliphatic heterocycles.